The fourth-order valence-corrected chi connectivity index (χ4v) is 1.21. The highest BCUT2D eigenvalue weighted by atomic mass is 16.5. The molecule has 0 saturated heterocycles. The van der Waals surface area contributed by atoms with Gasteiger partial charge in [0.05, 0.1) is 19.8 Å². The van der Waals surface area contributed by atoms with Gasteiger partial charge in [0.1, 0.15) is 18.1 Å². The molecule has 1 rings (SSSR count). The van der Waals surface area contributed by atoms with Gasteiger partial charge in [-0.1, -0.05) is 0 Å². The molecule has 0 unspecified atom stereocenters. The highest BCUT2D eigenvalue weighted by Crippen LogP contribution is 2.23. The van der Waals surface area contributed by atoms with E-state index in [1.807, 2.05) is 0 Å². The summed E-state index contributed by atoms with van der Waals surface area (Å²) >= 11 is 0. The number of hydrogen-bond acceptors (Lipinski definition) is 5. The molecule has 0 aliphatic heterocycles. The molecule has 0 amide bonds. The van der Waals surface area contributed by atoms with E-state index in [4.69, 9.17) is 9.47 Å². The number of ether oxygens (including phenoxy) is 3. The summed E-state index contributed by atoms with van der Waals surface area (Å²) in [5, 5.41) is 0. The third-order valence-electron chi connectivity index (χ3n) is 2.14. The molecule has 0 aliphatic carbocycles. The molecule has 0 heterocycles. The van der Waals surface area contributed by atoms with Crippen molar-refractivity contribution in [1.29, 1.82) is 0 Å². The highest BCUT2D eigenvalue weighted by molar-refractivity contribution is 5.81. The van der Waals surface area contributed by atoms with Gasteiger partial charge in [-0.05, 0) is 18.2 Å². The van der Waals surface area contributed by atoms with Crippen molar-refractivity contribution in [1.82, 2.24) is 0 Å². The van der Waals surface area contributed by atoms with Crippen molar-refractivity contribution in [2.75, 3.05) is 20.8 Å². The van der Waals surface area contributed by atoms with Crippen LogP contribution in [0, 0.1) is 0 Å². The van der Waals surface area contributed by atoms with E-state index in [0.717, 1.165) is 0 Å². The minimum absolute atomic E-state index is 0.156. The maximum absolute atomic E-state index is 10.8. The molecule has 0 N–H and O–H groups in total. The molecule has 5 heteroatoms. The molecule has 18 heavy (non-hydrogen) atoms. The van der Waals surface area contributed by atoms with E-state index in [2.05, 4.69) is 4.74 Å². The van der Waals surface area contributed by atoms with Crippen LogP contribution < -0.4 is 9.47 Å². The van der Waals surface area contributed by atoms with E-state index in [-0.39, 0.29) is 6.61 Å². The predicted molar refractivity (Wildman–Crippen MR) is 65.0 cm³/mol. The van der Waals surface area contributed by atoms with Crippen molar-refractivity contribution >= 4 is 12.3 Å². The van der Waals surface area contributed by atoms with Crippen LogP contribution >= 0.6 is 0 Å². The minimum Gasteiger partial charge on any atom is -0.497 e. The molecule has 1 aromatic rings. The minimum atomic E-state index is -0.458. The molecule has 1 aromatic carbocycles. The monoisotopic (exact) mass is 250 g/mol. The Balaban J connectivity index is 2.68. The molecule has 0 radical (unpaired) electrons. The average molecular weight is 250 g/mol. The van der Waals surface area contributed by atoms with Crippen LogP contribution in [0.25, 0.3) is 0 Å². The predicted octanol–water partition coefficient (Wildman–Crippen LogP) is 1.62. The van der Waals surface area contributed by atoms with E-state index >= 15 is 0 Å². The fourth-order valence-electron chi connectivity index (χ4n) is 1.21. The number of benzene rings is 1. The van der Waals surface area contributed by atoms with Crippen LogP contribution in [-0.4, -0.2) is 33.1 Å². The molecule has 0 bridgehead atoms. The number of aldehydes is 1. The Morgan fingerprint density at radius 1 is 1.33 bits per heavy atom. The first-order chi connectivity index (χ1) is 8.71. The summed E-state index contributed by atoms with van der Waals surface area (Å²) in [7, 11) is 2.82. The van der Waals surface area contributed by atoms with Gasteiger partial charge in [-0.2, -0.15) is 0 Å². The molecule has 0 spiro atoms. The topological polar surface area (TPSA) is 61.8 Å². The molecule has 0 aromatic heterocycles. The highest BCUT2D eigenvalue weighted by Gasteiger charge is 2.04. The standard InChI is InChI=1S/C13H14O5/c1-16-11-6-5-10(9-14)12(8-11)18-7-3-4-13(15)17-2/h3-6,8-9H,7H2,1-2H3/b4-3-. The second-order valence-corrected chi connectivity index (χ2v) is 3.26. The van der Waals surface area contributed by atoms with Gasteiger partial charge in [-0.3, -0.25) is 4.79 Å². The fraction of sp³-hybridized carbons (Fsp3) is 0.231. The SMILES string of the molecule is COC(=O)/C=C\COc1cc(OC)ccc1C=O. The maximum atomic E-state index is 10.8. The summed E-state index contributed by atoms with van der Waals surface area (Å²) in [5.41, 5.74) is 0.419. The molecule has 5 nitrogen and oxygen atoms in total. The molecule has 96 valence electrons. The lowest BCUT2D eigenvalue weighted by atomic mass is 10.2. The van der Waals surface area contributed by atoms with Crippen LogP contribution in [0.1, 0.15) is 10.4 Å². The van der Waals surface area contributed by atoms with Gasteiger partial charge in [0.2, 0.25) is 0 Å². The van der Waals surface area contributed by atoms with Crippen LogP contribution in [0.15, 0.2) is 30.4 Å². The Labute approximate surface area is 105 Å². The van der Waals surface area contributed by atoms with Gasteiger partial charge in [0, 0.05) is 12.1 Å². The first-order valence-corrected chi connectivity index (χ1v) is 5.21. The molecule has 0 fully saturated rings. The van der Waals surface area contributed by atoms with Gasteiger partial charge in [-0.15, -0.1) is 0 Å². The molecular formula is C13H14O5. The van der Waals surface area contributed by atoms with E-state index < -0.39 is 5.97 Å². The van der Waals surface area contributed by atoms with Gasteiger partial charge in [-0.25, -0.2) is 4.79 Å². The summed E-state index contributed by atoms with van der Waals surface area (Å²) in [6.07, 6.45) is 3.44. The van der Waals surface area contributed by atoms with Crippen molar-refractivity contribution in [3.8, 4) is 11.5 Å². The largest absolute Gasteiger partial charge is 0.497 e. The summed E-state index contributed by atoms with van der Waals surface area (Å²) in [6, 6.07) is 4.88. The van der Waals surface area contributed by atoms with Crippen molar-refractivity contribution in [2.45, 2.75) is 0 Å². The first kappa shape index (κ1) is 13.8. The van der Waals surface area contributed by atoms with E-state index in [1.54, 1.807) is 18.2 Å². The Morgan fingerprint density at radius 2 is 2.11 bits per heavy atom. The number of carbonyl (C=O) groups is 2. The third-order valence-corrected chi connectivity index (χ3v) is 2.14. The van der Waals surface area contributed by atoms with Gasteiger partial charge in [0.15, 0.2) is 6.29 Å². The Hall–Kier alpha value is -2.30. The molecule has 0 aliphatic rings. The molecule has 0 atom stereocenters. The zero-order valence-corrected chi connectivity index (χ0v) is 10.2. The average Bonchev–Trinajstić information content (AvgIpc) is 2.42. The molecular weight excluding hydrogens is 236 g/mol. The Morgan fingerprint density at radius 3 is 2.72 bits per heavy atom. The zero-order chi connectivity index (χ0) is 13.4. The summed E-state index contributed by atoms with van der Waals surface area (Å²) < 4.78 is 14.8. The van der Waals surface area contributed by atoms with Crippen molar-refractivity contribution in [2.24, 2.45) is 0 Å². The van der Waals surface area contributed by atoms with Crippen LogP contribution in [0.3, 0.4) is 0 Å². The lowest BCUT2D eigenvalue weighted by Crippen LogP contribution is -2.00. The zero-order valence-electron chi connectivity index (χ0n) is 10.2. The van der Waals surface area contributed by atoms with E-state index in [0.29, 0.717) is 23.3 Å². The maximum Gasteiger partial charge on any atom is 0.330 e. The summed E-state index contributed by atoms with van der Waals surface area (Å²) in [6.45, 7) is 0.156. The van der Waals surface area contributed by atoms with Crippen LogP contribution in [0.4, 0.5) is 0 Å². The van der Waals surface area contributed by atoms with Gasteiger partial charge < -0.3 is 14.2 Å². The second-order valence-electron chi connectivity index (χ2n) is 3.26. The normalized spacial score (nSPS) is 10.1. The smallest absolute Gasteiger partial charge is 0.330 e. The lowest BCUT2D eigenvalue weighted by Gasteiger charge is -2.08. The third kappa shape index (κ3) is 3.93. The number of methoxy groups -OCH3 is 2. The van der Waals surface area contributed by atoms with Crippen LogP contribution in [-0.2, 0) is 9.53 Å². The Bertz CT molecular complexity index is 451. The van der Waals surface area contributed by atoms with Crippen LogP contribution in [0.2, 0.25) is 0 Å². The van der Waals surface area contributed by atoms with Gasteiger partial charge in [0.25, 0.3) is 0 Å². The van der Waals surface area contributed by atoms with Crippen molar-refractivity contribution in [3.63, 3.8) is 0 Å². The lowest BCUT2D eigenvalue weighted by molar-refractivity contribution is -0.134. The molecule has 0 saturated carbocycles. The van der Waals surface area contributed by atoms with E-state index in [1.165, 1.54) is 26.4 Å². The summed E-state index contributed by atoms with van der Waals surface area (Å²) in [5.74, 6) is 0.534. The second kappa shape index (κ2) is 7.11. The number of hydrogen-bond donors (Lipinski definition) is 0. The van der Waals surface area contributed by atoms with E-state index in [9.17, 15) is 9.59 Å². The van der Waals surface area contributed by atoms with Crippen molar-refractivity contribution in [3.05, 3.63) is 35.9 Å². The number of rotatable bonds is 6. The van der Waals surface area contributed by atoms with Gasteiger partial charge >= 0.3 is 5.97 Å². The Kier molecular flexibility index (Phi) is 5.44. The summed E-state index contributed by atoms with van der Waals surface area (Å²) in [4.78, 5) is 21.6. The number of carbonyl (C=O) groups excluding carboxylic acids is 2. The number of esters is 1. The quantitative estimate of drug-likeness (QED) is 0.436. The van der Waals surface area contributed by atoms with Crippen molar-refractivity contribution < 1.29 is 23.8 Å². The van der Waals surface area contributed by atoms with Crippen LogP contribution in [0.5, 0.6) is 11.5 Å². The first-order valence-electron chi connectivity index (χ1n) is 5.21.